The maximum Gasteiger partial charge on any atom is 0.257 e. The number of nitrogens with two attached hydrogens (primary N) is 1. The molecule has 1 saturated heterocycles. The Balaban J connectivity index is 1.76. The van der Waals surface area contributed by atoms with Crippen LogP contribution < -0.4 is 10.5 Å². The fourth-order valence-corrected chi connectivity index (χ4v) is 3.57. The number of rotatable bonds is 7. The molecule has 1 aromatic carbocycles. The summed E-state index contributed by atoms with van der Waals surface area (Å²) in [6.45, 7) is 2.32. The molecule has 6 nitrogen and oxygen atoms in total. The van der Waals surface area contributed by atoms with E-state index in [1.54, 1.807) is 24.4 Å². The molecule has 7 heteroatoms. The highest BCUT2D eigenvalue weighted by molar-refractivity contribution is 6.31. The number of carbonyl (C=O) groups is 1. The van der Waals surface area contributed by atoms with Crippen molar-refractivity contribution in [3.63, 3.8) is 0 Å². The van der Waals surface area contributed by atoms with Gasteiger partial charge >= 0.3 is 0 Å². The van der Waals surface area contributed by atoms with Gasteiger partial charge in [-0.25, -0.2) is 0 Å². The van der Waals surface area contributed by atoms with Crippen molar-refractivity contribution in [1.82, 2.24) is 14.7 Å². The molecule has 3 rings (SSSR count). The third-order valence-electron chi connectivity index (χ3n) is 4.69. The number of aryl methyl sites for hydroxylation is 1. The first-order chi connectivity index (χ1) is 12.7. The van der Waals surface area contributed by atoms with Crippen molar-refractivity contribution in [2.24, 2.45) is 5.73 Å². The minimum absolute atomic E-state index is 0.0234. The van der Waals surface area contributed by atoms with Gasteiger partial charge in [0, 0.05) is 43.1 Å². The molecule has 2 N–H and O–H groups in total. The Bertz CT molecular complexity index is 720. The fourth-order valence-electron chi connectivity index (χ4n) is 3.40. The molecule has 1 aliphatic rings. The molecule has 1 aliphatic heterocycles. The van der Waals surface area contributed by atoms with Gasteiger partial charge in [0.05, 0.1) is 5.56 Å². The van der Waals surface area contributed by atoms with Gasteiger partial charge in [0.25, 0.3) is 5.91 Å². The lowest BCUT2D eigenvalue weighted by molar-refractivity contribution is 0.0589. The van der Waals surface area contributed by atoms with E-state index in [1.807, 2.05) is 21.8 Å². The molecule has 0 saturated carbocycles. The summed E-state index contributed by atoms with van der Waals surface area (Å²) in [6, 6.07) is 7.27. The molecule has 1 amide bonds. The van der Waals surface area contributed by atoms with Crippen molar-refractivity contribution < 1.29 is 9.53 Å². The normalized spacial score (nSPS) is 17.3. The molecule has 1 aromatic heterocycles. The summed E-state index contributed by atoms with van der Waals surface area (Å²) in [6.07, 6.45) is 7.77. The summed E-state index contributed by atoms with van der Waals surface area (Å²) in [5.41, 5.74) is 6.04. The van der Waals surface area contributed by atoms with Gasteiger partial charge in [0.2, 0.25) is 0 Å². The number of benzene rings is 1. The number of ether oxygens (including phenoxy) is 1. The number of amides is 1. The predicted octanol–water partition coefficient (Wildman–Crippen LogP) is 2.96. The van der Waals surface area contributed by atoms with E-state index in [0.717, 1.165) is 38.8 Å². The van der Waals surface area contributed by atoms with Crippen molar-refractivity contribution in [3.8, 4) is 5.75 Å². The Morgan fingerprint density at radius 2 is 2.27 bits per heavy atom. The maximum absolute atomic E-state index is 13.2. The molecular formula is C19H25ClN4O2. The molecule has 0 aliphatic carbocycles. The molecular weight excluding hydrogens is 352 g/mol. The minimum atomic E-state index is -0.0234. The minimum Gasteiger partial charge on any atom is -0.491 e. The summed E-state index contributed by atoms with van der Waals surface area (Å²) >= 11 is 6.14. The van der Waals surface area contributed by atoms with Gasteiger partial charge in [-0.3, -0.25) is 9.48 Å². The molecule has 0 radical (unpaired) electrons. The van der Waals surface area contributed by atoms with Crippen molar-refractivity contribution in [1.29, 1.82) is 0 Å². The maximum atomic E-state index is 13.2. The lowest BCUT2D eigenvalue weighted by Gasteiger charge is -2.36. The van der Waals surface area contributed by atoms with Crippen LogP contribution in [0.4, 0.5) is 0 Å². The first-order valence-electron chi connectivity index (χ1n) is 9.10. The van der Waals surface area contributed by atoms with E-state index in [2.05, 4.69) is 5.10 Å². The van der Waals surface area contributed by atoms with E-state index in [0.29, 0.717) is 29.5 Å². The molecule has 140 valence electrons. The van der Waals surface area contributed by atoms with E-state index < -0.39 is 0 Å². The summed E-state index contributed by atoms with van der Waals surface area (Å²) < 4.78 is 7.57. The largest absolute Gasteiger partial charge is 0.491 e. The highest BCUT2D eigenvalue weighted by atomic mass is 35.5. The molecule has 1 fully saturated rings. The van der Waals surface area contributed by atoms with Gasteiger partial charge in [0.15, 0.2) is 0 Å². The lowest BCUT2D eigenvalue weighted by atomic mass is 9.98. The second-order valence-corrected chi connectivity index (χ2v) is 6.92. The highest BCUT2D eigenvalue weighted by Gasteiger charge is 2.29. The van der Waals surface area contributed by atoms with Crippen molar-refractivity contribution in [2.45, 2.75) is 38.3 Å². The van der Waals surface area contributed by atoms with Gasteiger partial charge in [0.1, 0.15) is 12.4 Å². The summed E-state index contributed by atoms with van der Waals surface area (Å²) in [5, 5.41) is 4.78. The van der Waals surface area contributed by atoms with Crippen LogP contribution in [0.5, 0.6) is 5.75 Å². The average molecular weight is 377 g/mol. The zero-order valence-corrected chi connectivity index (χ0v) is 15.6. The molecule has 2 aromatic rings. The average Bonchev–Trinajstić information content (AvgIpc) is 3.18. The van der Waals surface area contributed by atoms with Crippen molar-refractivity contribution in [3.05, 3.63) is 47.2 Å². The van der Waals surface area contributed by atoms with Gasteiger partial charge < -0.3 is 15.4 Å². The summed E-state index contributed by atoms with van der Waals surface area (Å²) in [4.78, 5) is 15.2. The quantitative estimate of drug-likeness (QED) is 0.806. The number of piperidine rings is 1. The van der Waals surface area contributed by atoms with Crippen molar-refractivity contribution in [2.75, 3.05) is 19.7 Å². The highest BCUT2D eigenvalue weighted by Crippen LogP contribution is 2.28. The second-order valence-electron chi connectivity index (χ2n) is 6.48. The van der Waals surface area contributed by atoms with Gasteiger partial charge in [-0.2, -0.15) is 5.10 Å². The Morgan fingerprint density at radius 1 is 1.38 bits per heavy atom. The second kappa shape index (κ2) is 9.05. The number of hydrogen-bond acceptors (Lipinski definition) is 4. The topological polar surface area (TPSA) is 73.4 Å². The third-order valence-corrected chi connectivity index (χ3v) is 4.92. The summed E-state index contributed by atoms with van der Waals surface area (Å²) in [5.74, 6) is 0.519. The fraction of sp³-hybridized carbons (Fsp3) is 0.474. The van der Waals surface area contributed by atoms with Gasteiger partial charge in [-0.15, -0.1) is 0 Å². The zero-order valence-electron chi connectivity index (χ0n) is 14.8. The van der Waals surface area contributed by atoms with Crippen LogP contribution in [-0.2, 0) is 6.54 Å². The summed E-state index contributed by atoms with van der Waals surface area (Å²) in [7, 11) is 0. The number of carbonyl (C=O) groups excluding carboxylic acids is 1. The first kappa shape index (κ1) is 18.7. The number of hydrogen-bond donors (Lipinski definition) is 1. The Kier molecular flexibility index (Phi) is 6.52. The van der Waals surface area contributed by atoms with Crippen molar-refractivity contribution >= 4 is 17.5 Å². The standard InChI is InChI=1S/C19H25ClN4O2/c20-15-5-6-18(26-13-8-21)17(14-15)19(25)24-11-2-1-4-16(24)7-12-23-10-3-9-22-23/h3,5-6,9-10,14,16H,1-2,4,7-8,11-13,21H2. The van der Waals surface area contributed by atoms with Crippen LogP contribution in [-0.4, -0.2) is 46.3 Å². The van der Waals surface area contributed by atoms with E-state index >= 15 is 0 Å². The van der Waals surface area contributed by atoms with Crippen LogP contribution in [0.2, 0.25) is 5.02 Å². The van der Waals surface area contributed by atoms with Crippen LogP contribution in [0.15, 0.2) is 36.7 Å². The Morgan fingerprint density at radius 3 is 3.04 bits per heavy atom. The molecule has 1 atom stereocenters. The number of aromatic nitrogens is 2. The lowest BCUT2D eigenvalue weighted by Crippen LogP contribution is -2.44. The van der Waals surface area contributed by atoms with Crippen LogP contribution in [0.1, 0.15) is 36.0 Å². The van der Waals surface area contributed by atoms with Crippen LogP contribution in [0.3, 0.4) is 0 Å². The van der Waals surface area contributed by atoms with Crippen LogP contribution in [0.25, 0.3) is 0 Å². The van der Waals surface area contributed by atoms with E-state index in [-0.39, 0.29) is 11.9 Å². The van der Waals surface area contributed by atoms with E-state index in [4.69, 9.17) is 22.1 Å². The number of nitrogens with zero attached hydrogens (tertiary/aromatic N) is 3. The SMILES string of the molecule is NCCOc1ccc(Cl)cc1C(=O)N1CCCCC1CCn1cccn1. The third kappa shape index (κ3) is 4.56. The Hall–Kier alpha value is -2.05. The zero-order chi connectivity index (χ0) is 18.4. The smallest absolute Gasteiger partial charge is 0.257 e. The molecule has 26 heavy (non-hydrogen) atoms. The van der Waals surface area contributed by atoms with Crippen LogP contribution in [0, 0.1) is 0 Å². The van der Waals surface area contributed by atoms with E-state index in [9.17, 15) is 4.79 Å². The van der Waals surface area contributed by atoms with Gasteiger partial charge in [-0.1, -0.05) is 11.6 Å². The van der Waals surface area contributed by atoms with Crippen LogP contribution >= 0.6 is 11.6 Å². The number of likely N-dealkylation sites (tertiary alicyclic amines) is 1. The first-order valence-corrected chi connectivity index (χ1v) is 9.47. The molecule has 2 heterocycles. The Labute approximate surface area is 158 Å². The molecule has 1 unspecified atom stereocenters. The molecule has 0 spiro atoms. The van der Waals surface area contributed by atoms with E-state index in [1.165, 1.54) is 0 Å². The predicted molar refractivity (Wildman–Crippen MR) is 102 cm³/mol. The monoisotopic (exact) mass is 376 g/mol. The molecule has 0 bridgehead atoms. The van der Waals surface area contributed by atoms with Gasteiger partial charge in [-0.05, 0) is 49.9 Å². The number of halogens is 1.